The summed E-state index contributed by atoms with van der Waals surface area (Å²) in [5, 5.41) is 1.65. The second-order valence-electron chi connectivity index (χ2n) is 3.23. The van der Waals surface area contributed by atoms with Gasteiger partial charge in [-0.15, -0.1) is 11.3 Å². The molecule has 0 aromatic carbocycles. The van der Waals surface area contributed by atoms with Crippen LogP contribution < -0.4 is 0 Å². The summed E-state index contributed by atoms with van der Waals surface area (Å²) < 4.78 is 36.8. The van der Waals surface area contributed by atoms with Crippen molar-refractivity contribution in [2.45, 2.75) is 12.6 Å². The van der Waals surface area contributed by atoms with Crippen LogP contribution in [0.5, 0.6) is 0 Å². The Morgan fingerprint density at radius 1 is 1.56 bits per heavy atom. The average molecular weight is 363 g/mol. The molecule has 0 unspecified atom stereocenters. The van der Waals surface area contributed by atoms with Gasteiger partial charge in [-0.05, 0) is 28.7 Å². The summed E-state index contributed by atoms with van der Waals surface area (Å²) in [6.45, 7) is -0.311. The third-order valence-corrected chi connectivity index (χ3v) is 3.68. The molecule has 0 fully saturated rings. The molecule has 1 rings (SSSR count). The number of alkyl halides is 3. The van der Waals surface area contributed by atoms with E-state index in [1.807, 2.05) is 0 Å². The lowest BCUT2D eigenvalue weighted by molar-refractivity contribution is -0.136. The molecule has 0 saturated carbocycles. The number of carbonyl (C=O) groups is 1. The van der Waals surface area contributed by atoms with Crippen molar-refractivity contribution in [3.63, 3.8) is 0 Å². The third kappa shape index (κ3) is 4.28. The minimum Gasteiger partial charge on any atom is -0.341 e. The van der Waals surface area contributed by atoms with Gasteiger partial charge in [-0.2, -0.15) is 13.2 Å². The highest BCUT2D eigenvalue weighted by molar-refractivity contribution is 14.1. The Kier molecular flexibility index (Phi) is 4.60. The molecule has 0 aliphatic rings. The Bertz CT molecular complexity index is 377. The summed E-state index contributed by atoms with van der Waals surface area (Å²) >= 11 is 3.45. The maximum Gasteiger partial charge on any atom is 0.390 e. The molecule has 1 heterocycles. The maximum atomic E-state index is 11.9. The molecule has 1 aromatic rings. The van der Waals surface area contributed by atoms with Crippen molar-refractivity contribution < 1.29 is 18.0 Å². The molecule has 0 saturated heterocycles. The molecule has 90 valence electrons. The number of amides is 1. The first kappa shape index (κ1) is 13.8. The van der Waals surface area contributed by atoms with Gasteiger partial charge in [0.15, 0.2) is 0 Å². The molecule has 1 amide bonds. The number of nitrogens with zero attached hydrogens (tertiary/aromatic N) is 1. The van der Waals surface area contributed by atoms with Crippen LogP contribution in [-0.4, -0.2) is 30.6 Å². The van der Waals surface area contributed by atoms with E-state index in [2.05, 4.69) is 22.6 Å². The fourth-order valence-electron chi connectivity index (χ4n) is 1.04. The number of halogens is 4. The van der Waals surface area contributed by atoms with Gasteiger partial charge in [0, 0.05) is 19.0 Å². The number of thiophene rings is 1. The van der Waals surface area contributed by atoms with E-state index in [4.69, 9.17) is 0 Å². The van der Waals surface area contributed by atoms with Crippen molar-refractivity contribution in [1.82, 2.24) is 4.90 Å². The zero-order chi connectivity index (χ0) is 12.3. The van der Waals surface area contributed by atoms with Crippen LogP contribution in [0, 0.1) is 2.88 Å². The highest BCUT2D eigenvalue weighted by atomic mass is 127. The zero-order valence-electron chi connectivity index (χ0n) is 8.34. The van der Waals surface area contributed by atoms with Crippen LogP contribution in [0.4, 0.5) is 13.2 Å². The first-order chi connectivity index (χ1) is 7.29. The Balaban J connectivity index is 2.55. The number of hydrogen-bond acceptors (Lipinski definition) is 2. The molecule has 0 spiro atoms. The van der Waals surface area contributed by atoms with Crippen molar-refractivity contribution in [3.05, 3.63) is 19.9 Å². The first-order valence-corrected chi connectivity index (χ1v) is 6.31. The Morgan fingerprint density at radius 3 is 2.62 bits per heavy atom. The fraction of sp³-hybridized carbons (Fsp3) is 0.444. The predicted molar refractivity (Wildman–Crippen MR) is 64.7 cm³/mol. The molecule has 7 heteroatoms. The van der Waals surface area contributed by atoms with E-state index in [1.54, 1.807) is 11.4 Å². The quantitative estimate of drug-likeness (QED) is 0.755. The topological polar surface area (TPSA) is 20.3 Å². The lowest BCUT2D eigenvalue weighted by Crippen LogP contribution is -2.30. The van der Waals surface area contributed by atoms with E-state index in [0.29, 0.717) is 5.56 Å². The van der Waals surface area contributed by atoms with E-state index < -0.39 is 12.6 Å². The molecule has 0 radical (unpaired) electrons. The van der Waals surface area contributed by atoms with Gasteiger partial charge in [-0.3, -0.25) is 4.79 Å². The molecule has 0 bridgehead atoms. The SMILES string of the molecule is CN(CCC(F)(F)F)C(=O)c1csc(I)c1. The Hall–Kier alpha value is -0.310. The van der Waals surface area contributed by atoms with Crippen LogP contribution in [0.25, 0.3) is 0 Å². The standard InChI is InChI=1S/C9H9F3INOS/c1-14(3-2-9(10,11)12)8(15)6-4-7(13)16-5-6/h4-5H,2-3H2,1H3. The highest BCUT2D eigenvalue weighted by Gasteiger charge is 2.28. The summed E-state index contributed by atoms with van der Waals surface area (Å²) in [6.07, 6.45) is -5.20. The molecular weight excluding hydrogens is 354 g/mol. The van der Waals surface area contributed by atoms with E-state index >= 15 is 0 Å². The van der Waals surface area contributed by atoms with E-state index in [9.17, 15) is 18.0 Å². The lowest BCUT2D eigenvalue weighted by atomic mass is 10.3. The van der Waals surface area contributed by atoms with Crippen LogP contribution in [0.1, 0.15) is 16.8 Å². The summed E-state index contributed by atoms with van der Waals surface area (Å²) in [7, 11) is 1.37. The highest BCUT2D eigenvalue weighted by Crippen LogP contribution is 2.21. The summed E-state index contributed by atoms with van der Waals surface area (Å²) in [6, 6.07) is 1.66. The molecule has 1 aromatic heterocycles. The van der Waals surface area contributed by atoms with Crippen LogP contribution >= 0.6 is 33.9 Å². The van der Waals surface area contributed by atoms with E-state index in [1.165, 1.54) is 18.4 Å². The number of hydrogen-bond donors (Lipinski definition) is 0. The molecule has 0 atom stereocenters. The smallest absolute Gasteiger partial charge is 0.341 e. The van der Waals surface area contributed by atoms with Gasteiger partial charge < -0.3 is 4.90 Å². The molecule has 0 aliphatic heterocycles. The monoisotopic (exact) mass is 363 g/mol. The second-order valence-corrected chi connectivity index (χ2v) is 6.04. The first-order valence-electron chi connectivity index (χ1n) is 4.36. The third-order valence-electron chi connectivity index (χ3n) is 1.89. The van der Waals surface area contributed by atoms with Crippen molar-refractivity contribution in [1.29, 1.82) is 0 Å². The molecule has 16 heavy (non-hydrogen) atoms. The number of rotatable bonds is 3. The molecule has 0 N–H and O–H groups in total. The van der Waals surface area contributed by atoms with Gasteiger partial charge in [0.25, 0.3) is 5.91 Å². The largest absolute Gasteiger partial charge is 0.390 e. The average Bonchev–Trinajstić information content (AvgIpc) is 2.59. The van der Waals surface area contributed by atoms with Crippen LogP contribution in [-0.2, 0) is 0 Å². The van der Waals surface area contributed by atoms with E-state index in [-0.39, 0.29) is 12.5 Å². The zero-order valence-corrected chi connectivity index (χ0v) is 11.3. The van der Waals surface area contributed by atoms with Gasteiger partial charge in [0.05, 0.1) is 14.9 Å². The van der Waals surface area contributed by atoms with Gasteiger partial charge >= 0.3 is 6.18 Å². The summed E-state index contributed by atoms with van der Waals surface area (Å²) in [4.78, 5) is 12.7. The predicted octanol–water partition coefficient (Wildman–Crippen LogP) is 3.38. The van der Waals surface area contributed by atoms with E-state index in [0.717, 1.165) is 7.78 Å². The van der Waals surface area contributed by atoms with Crippen molar-refractivity contribution >= 4 is 39.8 Å². The second kappa shape index (κ2) is 5.35. The normalized spacial score (nSPS) is 11.6. The lowest BCUT2D eigenvalue weighted by Gasteiger charge is -2.17. The number of carbonyl (C=O) groups excluding carboxylic acids is 1. The van der Waals surface area contributed by atoms with Crippen molar-refractivity contribution in [2.75, 3.05) is 13.6 Å². The van der Waals surface area contributed by atoms with Crippen molar-refractivity contribution in [3.8, 4) is 0 Å². The fourth-order valence-corrected chi connectivity index (χ4v) is 2.36. The van der Waals surface area contributed by atoms with Crippen LogP contribution in [0.3, 0.4) is 0 Å². The van der Waals surface area contributed by atoms with Gasteiger partial charge in [-0.1, -0.05) is 0 Å². The van der Waals surface area contributed by atoms with Gasteiger partial charge in [-0.25, -0.2) is 0 Å². The molecule has 2 nitrogen and oxygen atoms in total. The van der Waals surface area contributed by atoms with Crippen LogP contribution in [0.2, 0.25) is 0 Å². The van der Waals surface area contributed by atoms with Crippen molar-refractivity contribution in [2.24, 2.45) is 0 Å². The minimum atomic E-state index is -4.22. The van der Waals surface area contributed by atoms with Gasteiger partial charge in [0.2, 0.25) is 0 Å². The Morgan fingerprint density at radius 2 is 2.19 bits per heavy atom. The molecule has 0 aliphatic carbocycles. The summed E-state index contributed by atoms with van der Waals surface area (Å²) in [5.41, 5.74) is 0.444. The minimum absolute atomic E-state index is 0.311. The molecular formula is C9H9F3INOS. The van der Waals surface area contributed by atoms with Crippen LogP contribution in [0.15, 0.2) is 11.4 Å². The Labute approximate surface area is 109 Å². The maximum absolute atomic E-state index is 11.9. The summed E-state index contributed by atoms with van der Waals surface area (Å²) in [5.74, 6) is -0.372. The van der Waals surface area contributed by atoms with Gasteiger partial charge in [0.1, 0.15) is 0 Å².